The number of rotatable bonds is 4. The third-order valence-electron chi connectivity index (χ3n) is 2.14. The van der Waals surface area contributed by atoms with E-state index in [4.69, 9.17) is 17.0 Å². The lowest BCUT2D eigenvalue weighted by Crippen LogP contribution is -2.02. The fourth-order valence-corrected chi connectivity index (χ4v) is 3.19. The van der Waals surface area contributed by atoms with Crippen LogP contribution < -0.4 is 0 Å². The molecule has 3 nitrogen and oxygen atoms in total. The molecular weight excluding hydrogens is 274 g/mol. The highest BCUT2D eigenvalue weighted by atomic mass is 32.1. The van der Waals surface area contributed by atoms with Gasteiger partial charge >= 0.3 is 5.97 Å². The van der Waals surface area contributed by atoms with Gasteiger partial charge < -0.3 is 9.72 Å². The SMILES string of the molecule is CC(=O)OCCc1csc(-c2csc(=S)[nH]2)c1. The summed E-state index contributed by atoms with van der Waals surface area (Å²) in [6, 6.07) is 2.10. The Balaban J connectivity index is 2.01. The molecule has 0 bridgehead atoms. The number of aromatic nitrogens is 1. The first-order valence-corrected chi connectivity index (χ1v) is 7.21. The Morgan fingerprint density at radius 2 is 2.29 bits per heavy atom. The molecule has 1 N–H and O–H groups in total. The van der Waals surface area contributed by atoms with Gasteiger partial charge in [-0.15, -0.1) is 22.7 Å². The molecule has 0 aromatic carbocycles. The average Bonchev–Trinajstić information content (AvgIpc) is 2.86. The van der Waals surface area contributed by atoms with Crippen LogP contribution >= 0.6 is 34.9 Å². The molecule has 0 saturated heterocycles. The van der Waals surface area contributed by atoms with Gasteiger partial charge in [-0.3, -0.25) is 4.79 Å². The highest BCUT2D eigenvalue weighted by Crippen LogP contribution is 2.27. The van der Waals surface area contributed by atoms with Gasteiger partial charge in [0.1, 0.15) is 0 Å². The van der Waals surface area contributed by atoms with E-state index in [9.17, 15) is 4.79 Å². The van der Waals surface area contributed by atoms with Gasteiger partial charge in [0.25, 0.3) is 0 Å². The lowest BCUT2D eigenvalue weighted by atomic mass is 10.2. The van der Waals surface area contributed by atoms with Crippen molar-refractivity contribution < 1.29 is 9.53 Å². The van der Waals surface area contributed by atoms with E-state index < -0.39 is 0 Å². The zero-order chi connectivity index (χ0) is 12.3. The monoisotopic (exact) mass is 285 g/mol. The molecule has 0 aliphatic carbocycles. The molecule has 0 amide bonds. The quantitative estimate of drug-likeness (QED) is 0.689. The maximum Gasteiger partial charge on any atom is 0.302 e. The van der Waals surface area contributed by atoms with E-state index in [2.05, 4.69) is 16.4 Å². The number of thiazole rings is 1. The topological polar surface area (TPSA) is 42.1 Å². The number of ether oxygens (including phenoxy) is 1. The number of nitrogens with one attached hydrogen (secondary N) is 1. The summed E-state index contributed by atoms with van der Waals surface area (Å²) in [6.07, 6.45) is 0.751. The number of H-pyrrole nitrogens is 1. The predicted octanol–water partition coefficient (Wildman–Crippen LogP) is 3.64. The molecule has 2 aromatic rings. The molecule has 2 rings (SSSR count). The van der Waals surface area contributed by atoms with Gasteiger partial charge in [0.2, 0.25) is 0 Å². The molecule has 0 aliphatic rings. The van der Waals surface area contributed by atoms with E-state index in [1.165, 1.54) is 23.8 Å². The summed E-state index contributed by atoms with van der Waals surface area (Å²) in [4.78, 5) is 14.9. The summed E-state index contributed by atoms with van der Waals surface area (Å²) in [6.45, 7) is 1.86. The van der Waals surface area contributed by atoms with Crippen LogP contribution in [0.25, 0.3) is 10.6 Å². The van der Waals surface area contributed by atoms with Crippen molar-refractivity contribution in [2.24, 2.45) is 0 Å². The summed E-state index contributed by atoms with van der Waals surface area (Å²) in [5.41, 5.74) is 2.24. The van der Waals surface area contributed by atoms with Crippen molar-refractivity contribution in [1.82, 2.24) is 4.98 Å². The first-order valence-electron chi connectivity index (χ1n) is 5.04. The Labute approximate surface area is 112 Å². The van der Waals surface area contributed by atoms with E-state index in [0.29, 0.717) is 6.61 Å². The molecule has 90 valence electrons. The Morgan fingerprint density at radius 3 is 2.94 bits per heavy atom. The summed E-state index contributed by atoms with van der Waals surface area (Å²) in [5.74, 6) is -0.234. The summed E-state index contributed by atoms with van der Waals surface area (Å²) < 4.78 is 5.70. The molecule has 2 heterocycles. The van der Waals surface area contributed by atoms with Gasteiger partial charge in [-0.25, -0.2) is 0 Å². The van der Waals surface area contributed by atoms with Crippen LogP contribution in [-0.4, -0.2) is 17.6 Å². The van der Waals surface area contributed by atoms with E-state index in [1.54, 1.807) is 11.3 Å². The van der Waals surface area contributed by atoms with Crippen molar-refractivity contribution in [2.45, 2.75) is 13.3 Å². The molecule has 0 atom stereocenters. The Kier molecular flexibility index (Phi) is 4.09. The van der Waals surface area contributed by atoms with Crippen LogP contribution in [0, 0.1) is 3.95 Å². The minimum atomic E-state index is -0.234. The highest BCUT2D eigenvalue weighted by Gasteiger charge is 2.04. The lowest BCUT2D eigenvalue weighted by molar-refractivity contribution is -0.140. The molecule has 0 radical (unpaired) electrons. The van der Waals surface area contributed by atoms with Crippen molar-refractivity contribution in [3.8, 4) is 10.6 Å². The second-order valence-corrected chi connectivity index (χ2v) is 5.93. The lowest BCUT2D eigenvalue weighted by Gasteiger charge is -1.98. The maximum absolute atomic E-state index is 10.6. The molecule has 0 spiro atoms. The van der Waals surface area contributed by atoms with Gasteiger partial charge in [0.15, 0.2) is 3.95 Å². The summed E-state index contributed by atoms with van der Waals surface area (Å²) >= 11 is 8.24. The predicted molar refractivity (Wildman–Crippen MR) is 73.2 cm³/mol. The van der Waals surface area contributed by atoms with Crippen LogP contribution in [0.15, 0.2) is 16.8 Å². The minimum absolute atomic E-state index is 0.234. The van der Waals surface area contributed by atoms with Gasteiger partial charge in [0.05, 0.1) is 17.2 Å². The molecule has 6 heteroatoms. The van der Waals surface area contributed by atoms with Gasteiger partial charge in [-0.05, 0) is 29.2 Å². The minimum Gasteiger partial charge on any atom is -0.466 e. The average molecular weight is 285 g/mol. The molecule has 0 aliphatic heterocycles. The molecule has 0 fully saturated rings. The fourth-order valence-electron chi connectivity index (χ4n) is 1.36. The smallest absolute Gasteiger partial charge is 0.302 e. The van der Waals surface area contributed by atoms with E-state index >= 15 is 0 Å². The van der Waals surface area contributed by atoms with Gasteiger partial charge in [-0.2, -0.15) is 0 Å². The zero-order valence-corrected chi connectivity index (χ0v) is 11.6. The number of carbonyl (C=O) groups is 1. The van der Waals surface area contributed by atoms with Gasteiger partial charge in [-0.1, -0.05) is 0 Å². The molecular formula is C11H11NO2S3. The first kappa shape index (κ1) is 12.5. The van der Waals surface area contributed by atoms with Crippen LogP contribution in [0.1, 0.15) is 12.5 Å². The third kappa shape index (κ3) is 3.49. The van der Waals surface area contributed by atoms with E-state index in [1.807, 2.05) is 5.38 Å². The normalized spacial score (nSPS) is 10.4. The second-order valence-electron chi connectivity index (χ2n) is 3.47. The molecule has 17 heavy (non-hydrogen) atoms. The van der Waals surface area contributed by atoms with Crippen LogP contribution in [0.4, 0.5) is 0 Å². The molecule has 2 aromatic heterocycles. The van der Waals surface area contributed by atoms with Crippen LogP contribution in [-0.2, 0) is 16.0 Å². The second kappa shape index (κ2) is 5.57. The number of carbonyl (C=O) groups excluding carboxylic acids is 1. The first-order chi connectivity index (χ1) is 8.15. The molecule has 0 saturated carbocycles. The number of hydrogen-bond acceptors (Lipinski definition) is 5. The largest absolute Gasteiger partial charge is 0.466 e. The van der Waals surface area contributed by atoms with E-state index in [-0.39, 0.29) is 5.97 Å². The Hall–Kier alpha value is -0.980. The summed E-state index contributed by atoms with van der Waals surface area (Å²) in [7, 11) is 0. The van der Waals surface area contributed by atoms with Crippen LogP contribution in [0.3, 0.4) is 0 Å². The van der Waals surface area contributed by atoms with Crippen LogP contribution in [0.5, 0.6) is 0 Å². The van der Waals surface area contributed by atoms with Crippen molar-refractivity contribution >= 4 is 40.9 Å². The maximum atomic E-state index is 10.6. The van der Waals surface area contributed by atoms with Crippen molar-refractivity contribution in [3.63, 3.8) is 0 Å². The van der Waals surface area contributed by atoms with Crippen molar-refractivity contribution in [2.75, 3.05) is 6.61 Å². The van der Waals surface area contributed by atoms with Gasteiger partial charge in [0, 0.05) is 18.7 Å². The van der Waals surface area contributed by atoms with Crippen molar-refractivity contribution in [3.05, 3.63) is 26.3 Å². The molecule has 0 unspecified atom stereocenters. The Bertz CT molecular complexity index is 567. The van der Waals surface area contributed by atoms with Crippen molar-refractivity contribution in [1.29, 1.82) is 0 Å². The third-order valence-corrected chi connectivity index (χ3v) is 4.21. The number of thiophene rings is 1. The van der Waals surface area contributed by atoms with E-state index in [0.717, 1.165) is 20.9 Å². The summed E-state index contributed by atoms with van der Waals surface area (Å²) in [5, 5.41) is 4.09. The number of aromatic amines is 1. The highest BCUT2D eigenvalue weighted by molar-refractivity contribution is 7.73. The number of hydrogen-bond donors (Lipinski definition) is 1. The van der Waals surface area contributed by atoms with Crippen LogP contribution in [0.2, 0.25) is 0 Å². The standard InChI is InChI=1S/C11H11NO2S3/c1-7(13)14-3-2-8-4-10(16-5-8)9-6-17-11(15)12-9/h4-6H,2-3H2,1H3,(H,12,15). The number of esters is 1. The zero-order valence-electron chi connectivity index (χ0n) is 9.19. The fraction of sp³-hybridized carbons (Fsp3) is 0.273. The Morgan fingerprint density at radius 1 is 1.47 bits per heavy atom.